The number of hydrogen-bond acceptors (Lipinski definition) is 3. The SMILES string of the molecule is Cc1ccc2c(c1)C(c1ccccc1)NCCN2S. The van der Waals surface area contributed by atoms with Crippen LogP contribution < -0.4 is 9.62 Å². The van der Waals surface area contributed by atoms with Crippen molar-refractivity contribution in [3.8, 4) is 0 Å². The van der Waals surface area contributed by atoms with Gasteiger partial charge in [-0.25, -0.2) is 0 Å². The van der Waals surface area contributed by atoms with Gasteiger partial charge in [0, 0.05) is 13.1 Å². The highest BCUT2D eigenvalue weighted by molar-refractivity contribution is 7.81. The molecule has 19 heavy (non-hydrogen) atoms. The number of rotatable bonds is 1. The van der Waals surface area contributed by atoms with Gasteiger partial charge < -0.3 is 9.62 Å². The van der Waals surface area contributed by atoms with Crippen molar-refractivity contribution in [2.45, 2.75) is 13.0 Å². The standard InChI is InChI=1S/C16H18N2S/c1-12-7-8-15-14(11-12)16(17-9-10-18(15)19)13-5-3-2-4-6-13/h2-8,11,16-17,19H,9-10H2,1H3. The minimum atomic E-state index is 0.244. The van der Waals surface area contributed by atoms with Crippen molar-refractivity contribution in [2.24, 2.45) is 0 Å². The average Bonchev–Trinajstić information content (AvgIpc) is 2.59. The Morgan fingerprint density at radius 3 is 2.74 bits per heavy atom. The van der Waals surface area contributed by atoms with Crippen LogP contribution in [0, 0.1) is 6.92 Å². The number of benzene rings is 2. The average molecular weight is 270 g/mol. The monoisotopic (exact) mass is 270 g/mol. The fourth-order valence-corrected chi connectivity index (χ4v) is 2.91. The van der Waals surface area contributed by atoms with Crippen LogP contribution in [0.1, 0.15) is 22.7 Å². The molecule has 0 saturated heterocycles. The molecule has 2 aromatic carbocycles. The number of nitrogens with zero attached hydrogens (tertiary/aromatic N) is 1. The van der Waals surface area contributed by atoms with Crippen LogP contribution in [-0.4, -0.2) is 13.1 Å². The minimum Gasteiger partial charge on any atom is -0.317 e. The molecule has 1 aliphatic heterocycles. The number of nitrogens with one attached hydrogen (secondary N) is 1. The Kier molecular flexibility index (Phi) is 3.49. The number of aryl methyl sites for hydroxylation is 1. The highest BCUT2D eigenvalue weighted by atomic mass is 32.1. The summed E-state index contributed by atoms with van der Waals surface area (Å²) in [7, 11) is 0. The van der Waals surface area contributed by atoms with Crippen LogP contribution >= 0.6 is 12.8 Å². The highest BCUT2D eigenvalue weighted by Gasteiger charge is 2.22. The Balaban J connectivity index is 2.12. The molecule has 3 rings (SSSR count). The second kappa shape index (κ2) is 5.27. The van der Waals surface area contributed by atoms with Gasteiger partial charge in [0.2, 0.25) is 0 Å². The molecule has 0 amide bonds. The molecule has 0 aromatic heterocycles. The van der Waals surface area contributed by atoms with Crippen LogP contribution in [0.15, 0.2) is 48.5 Å². The van der Waals surface area contributed by atoms with Gasteiger partial charge in [0.15, 0.2) is 0 Å². The van der Waals surface area contributed by atoms with Crippen molar-refractivity contribution in [3.63, 3.8) is 0 Å². The van der Waals surface area contributed by atoms with Gasteiger partial charge in [0.1, 0.15) is 0 Å². The lowest BCUT2D eigenvalue weighted by Gasteiger charge is -2.21. The van der Waals surface area contributed by atoms with E-state index in [1.165, 1.54) is 22.4 Å². The van der Waals surface area contributed by atoms with Crippen molar-refractivity contribution >= 4 is 18.5 Å². The van der Waals surface area contributed by atoms with Gasteiger partial charge in [-0.05, 0) is 24.1 Å². The van der Waals surface area contributed by atoms with E-state index >= 15 is 0 Å². The molecule has 0 spiro atoms. The summed E-state index contributed by atoms with van der Waals surface area (Å²) in [4.78, 5) is 0. The van der Waals surface area contributed by atoms with Crippen molar-refractivity contribution in [2.75, 3.05) is 17.4 Å². The largest absolute Gasteiger partial charge is 0.317 e. The van der Waals surface area contributed by atoms with E-state index in [-0.39, 0.29) is 6.04 Å². The van der Waals surface area contributed by atoms with Crippen LogP contribution in [-0.2, 0) is 0 Å². The first-order valence-electron chi connectivity index (χ1n) is 6.61. The third-order valence-corrected chi connectivity index (χ3v) is 3.99. The summed E-state index contributed by atoms with van der Waals surface area (Å²) in [6.07, 6.45) is 0. The molecule has 0 radical (unpaired) electrons. The first-order valence-corrected chi connectivity index (χ1v) is 7.01. The molecule has 1 heterocycles. The lowest BCUT2D eigenvalue weighted by Crippen LogP contribution is -2.25. The van der Waals surface area contributed by atoms with Crippen LogP contribution in [0.4, 0.5) is 5.69 Å². The van der Waals surface area contributed by atoms with Crippen molar-refractivity contribution in [1.29, 1.82) is 0 Å². The van der Waals surface area contributed by atoms with Gasteiger partial charge in [0.05, 0.1) is 11.7 Å². The van der Waals surface area contributed by atoms with Crippen molar-refractivity contribution in [1.82, 2.24) is 5.32 Å². The van der Waals surface area contributed by atoms with E-state index in [0.717, 1.165) is 13.1 Å². The number of fused-ring (bicyclic) bond motifs is 1. The van der Waals surface area contributed by atoms with Gasteiger partial charge in [0.25, 0.3) is 0 Å². The predicted octanol–water partition coefficient (Wildman–Crippen LogP) is 3.34. The molecule has 2 nitrogen and oxygen atoms in total. The molecule has 3 heteroatoms. The van der Waals surface area contributed by atoms with E-state index in [2.05, 4.69) is 73.6 Å². The minimum absolute atomic E-state index is 0.244. The van der Waals surface area contributed by atoms with E-state index in [9.17, 15) is 0 Å². The van der Waals surface area contributed by atoms with Crippen LogP contribution in [0.3, 0.4) is 0 Å². The Morgan fingerprint density at radius 1 is 1.16 bits per heavy atom. The topological polar surface area (TPSA) is 15.3 Å². The molecule has 0 saturated carbocycles. The first-order chi connectivity index (χ1) is 9.25. The molecule has 0 aliphatic carbocycles. The molecule has 1 N–H and O–H groups in total. The van der Waals surface area contributed by atoms with Crippen molar-refractivity contribution in [3.05, 3.63) is 65.2 Å². The molecule has 1 unspecified atom stereocenters. The lowest BCUT2D eigenvalue weighted by atomic mass is 9.96. The molecular formula is C16H18N2S. The maximum Gasteiger partial charge on any atom is 0.0598 e. The maximum absolute atomic E-state index is 4.59. The van der Waals surface area contributed by atoms with Crippen LogP contribution in [0.2, 0.25) is 0 Å². The summed E-state index contributed by atoms with van der Waals surface area (Å²) in [5.74, 6) is 0. The van der Waals surface area contributed by atoms with Gasteiger partial charge in [-0.15, -0.1) is 0 Å². The number of thiol groups is 1. The molecule has 0 bridgehead atoms. The number of anilines is 1. The van der Waals surface area contributed by atoms with Crippen LogP contribution in [0.5, 0.6) is 0 Å². The Labute approximate surface area is 120 Å². The molecule has 98 valence electrons. The highest BCUT2D eigenvalue weighted by Crippen LogP contribution is 2.34. The fourth-order valence-electron chi connectivity index (χ4n) is 2.63. The van der Waals surface area contributed by atoms with Crippen LogP contribution in [0.25, 0.3) is 0 Å². The summed E-state index contributed by atoms with van der Waals surface area (Å²) in [5, 5.41) is 3.62. The van der Waals surface area contributed by atoms with E-state index in [1.54, 1.807) is 0 Å². The Bertz CT molecular complexity index is 568. The van der Waals surface area contributed by atoms with Gasteiger partial charge in [-0.3, -0.25) is 0 Å². The Morgan fingerprint density at radius 2 is 1.95 bits per heavy atom. The molecular weight excluding hydrogens is 252 g/mol. The van der Waals surface area contributed by atoms with E-state index in [0.29, 0.717) is 0 Å². The summed E-state index contributed by atoms with van der Waals surface area (Å²) in [6, 6.07) is 17.4. The normalized spacial score (nSPS) is 18.8. The Hall–Kier alpha value is -1.45. The fraction of sp³-hybridized carbons (Fsp3) is 0.250. The second-order valence-corrected chi connectivity index (χ2v) is 5.47. The third kappa shape index (κ3) is 2.48. The molecule has 1 aliphatic rings. The van der Waals surface area contributed by atoms with Gasteiger partial charge in [-0.1, -0.05) is 60.8 Å². The van der Waals surface area contributed by atoms with Crippen molar-refractivity contribution < 1.29 is 0 Å². The smallest absolute Gasteiger partial charge is 0.0598 e. The maximum atomic E-state index is 4.59. The summed E-state index contributed by atoms with van der Waals surface area (Å²) in [5.41, 5.74) is 5.09. The second-order valence-electron chi connectivity index (χ2n) is 4.98. The molecule has 0 fully saturated rings. The zero-order valence-corrected chi connectivity index (χ0v) is 11.9. The zero-order chi connectivity index (χ0) is 13.2. The predicted molar refractivity (Wildman–Crippen MR) is 83.8 cm³/mol. The summed E-state index contributed by atoms with van der Waals surface area (Å²) >= 11 is 4.59. The van der Waals surface area contributed by atoms with E-state index in [4.69, 9.17) is 0 Å². The third-order valence-electron chi connectivity index (χ3n) is 3.58. The van der Waals surface area contributed by atoms with E-state index in [1.807, 2.05) is 4.31 Å². The van der Waals surface area contributed by atoms with Gasteiger partial charge >= 0.3 is 0 Å². The quantitative estimate of drug-likeness (QED) is 0.773. The summed E-state index contributed by atoms with van der Waals surface area (Å²) < 4.78 is 2.03. The zero-order valence-electron chi connectivity index (χ0n) is 11.0. The van der Waals surface area contributed by atoms with Gasteiger partial charge in [-0.2, -0.15) is 0 Å². The summed E-state index contributed by atoms with van der Waals surface area (Å²) in [6.45, 7) is 3.97. The first kappa shape index (κ1) is 12.6. The molecule has 2 aromatic rings. The van der Waals surface area contributed by atoms with E-state index < -0.39 is 0 Å². The molecule has 1 atom stereocenters. The lowest BCUT2D eigenvalue weighted by molar-refractivity contribution is 0.631. The number of hydrogen-bond donors (Lipinski definition) is 2.